The lowest BCUT2D eigenvalue weighted by Crippen LogP contribution is -2.71. The van der Waals surface area contributed by atoms with E-state index >= 15 is 0 Å². The number of esters is 1. The smallest absolute Gasteiger partial charge is 0.331 e. The van der Waals surface area contributed by atoms with Gasteiger partial charge < -0.3 is 39.1 Å². The van der Waals surface area contributed by atoms with Crippen molar-refractivity contribution in [3.8, 4) is 0 Å². The molecule has 0 unspecified atom stereocenters. The Morgan fingerprint density at radius 1 is 1.07 bits per heavy atom. The lowest BCUT2D eigenvalue weighted by atomic mass is 9.42. The van der Waals surface area contributed by atoms with Crippen LogP contribution in [0.5, 0.6) is 0 Å². The maximum Gasteiger partial charge on any atom is 0.331 e. The molecule has 0 aromatic heterocycles. The minimum atomic E-state index is -1.56. The molecule has 0 bridgehead atoms. The predicted octanol–water partition coefficient (Wildman–Crippen LogP) is 2.29. The van der Waals surface area contributed by atoms with Crippen molar-refractivity contribution in [2.75, 3.05) is 13.7 Å². The Bertz CT molecular complexity index is 1110. The van der Waals surface area contributed by atoms with E-state index in [2.05, 4.69) is 6.92 Å². The molecule has 7 aliphatic rings. The third-order valence-corrected chi connectivity index (χ3v) is 12.9. The van der Waals surface area contributed by atoms with Crippen LogP contribution >= 0.6 is 0 Å². The molecule has 0 radical (unpaired) electrons. The number of carbonyl (C=O) groups excluding carboxylic acids is 2. The molecule has 14 atom stereocenters. The first-order valence-corrected chi connectivity index (χ1v) is 15.3. The molecule has 3 N–H and O–H groups in total. The molecule has 5 aliphatic carbocycles. The molecule has 2 heterocycles. The summed E-state index contributed by atoms with van der Waals surface area (Å²) in [6, 6.07) is 0. The standard InChI is InChI=1S/C31H44O9/c1-16-8-25(37-3)31(36)26(9-16)39-22-11-18-4-5-20-19(29(18,15-32)13-23(22)40-31)6-7-28(2)21(12-24(33)30(20,28)35)17-10-27(34)38-14-17/h10,15-16,18-26,33,35-36H,4-9,11-14H2,1-3H3/t16-,18+,19+,20-,21-,22-,23-,24-,25-,26-,28-,29-,30-,31+/m1/s1. The molecule has 1 saturated heterocycles. The highest BCUT2D eigenvalue weighted by Gasteiger charge is 2.73. The highest BCUT2D eigenvalue weighted by Crippen LogP contribution is 2.70. The zero-order chi connectivity index (χ0) is 28.2. The summed E-state index contributed by atoms with van der Waals surface area (Å²) in [4.78, 5) is 25.1. The van der Waals surface area contributed by atoms with E-state index in [1.54, 1.807) is 7.11 Å². The molecular weight excluding hydrogens is 516 g/mol. The summed E-state index contributed by atoms with van der Waals surface area (Å²) < 4.78 is 24.0. The number of methoxy groups -OCH3 is 1. The van der Waals surface area contributed by atoms with Gasteiger partial charge in [-0.25, -0.2) is 4.79 Å². The highest BCUT2D eigenvalue weighted by molar-refractivity contribution is 5.85. The first-order valence-electron chi connectivity index (χ1n) is 15.3. The number of hydrogen-bond acceptors (Lipinski definition) is 9. The number of cyclic esters (lactones) is 1. The van der Waals surface area contributed by atoms with Gasteiger partial charge in [0.1, 0.15) is 25.1 Å². The Morgan fingerprint density at radius 2 is 1.88 bits per heavy atom. The molecule has 2 aliphatic heterocycles. The Balaban J connectivity index is 1.20. The SMILES string of the molecule is CO[C@@H]1C[C@@H](C)C[C@H]2O[C@@H]3C[C@@H]4CC[C@@H]5[C@H](CC[C@]6(C)[C@@H](C7=CC(=O)OC7)C[C@@H](O)[C@]56O)[C@@]4(C=O)C[C@H]3O[C@@]12O. The lowest BCUT2D eigenvalue weighted by Gasteiger charge is -2.65. The van der Waals surface area contributed by atoms with E-state index in [4.69, 9.17) is 18.9 Å². The van der Waals surface area contributed by atoms with Gasteiger partial charge in [-0.05, 0) is 93.0 Å². The quantitative estimate of drug-likeness (QED) is 0.351. The van der Waals surface area contributed by atoms with Crippen LogP contribution in [-0.2, 0) is 28.5 Å². The highest BCUT2D eigenvalue weighted by atomic mass is 16.7. The summed E-state index contributed by atoms with van der Waals surface area (Å²) >= 11 is 0. The van der Waals surface area contributed by atoms with E-state index in [1.165, 1.54) is 6.08 Å². The Kier molecular flexibility index (Phi) is 6.23. The van der Waals surface area contributed by atoms with E-state index in [0.29, 0.717) is 44.4 Å². The second-order valence-corrected chi connectivity index (χ2v) is 14.4. The Labute approximate surface area is 235 Å². The first kappa shape index (κ1) is 27.5. The van der Waals surface area contributed by atoms with Crippen LogP contribution in [0.15, 0.2) is 11.6 Å². The summed E-state index contributed by atoms with van der Waals surface area (Å²) in [5, 5.41) is 35.7. The van der Waals surface area contributed by atoms with E-state index in [9.17, 15) is 24.9 Å². The van der Waals surface area contributed by atoms with Gasteiger partial charge in [-0.2, -0.15) is 0 Å². The summed E-state index contributed by atoms with van der Waals surface area (Å²) in [6.07, 6.45) is 5.79. The molecule has 0 aromatic rings. The minimum Gasteiger partial charge on any atom is -0.458 e. The van der Waals surface area contributed by atoms with Gasteiger partial charge in [0.2, 0.25) is 5.79 Å². The van der Waals surface area contributed by atoms with Crippen LogP contribution < -0.4 is 0 Å². The average molecular weight is 561 g/mol. The number of hydrogen-bond donors (Lipinski definition) is 3. The van der Waals surface area contributed by atoms with Gasteiger partial charge in [0.05, 0.1) is 23.9 Å². The molecule has 40 heavy (non-hydrogen) atoms. The zero-order valence-corrected chi connectivity index (χ0v) is 23.8. The largest absolute Gasteiger partial charge is 0.458 e. The third kappa shape index (κ3) is 3.42. The molecule has 6 fully saturated rings. The van der Waals surface area contributed by atoms with Gasteiger partial charge in [0.25, 0.3) is 0 Å². The lowest BCUT2D eigenvalue weighted by molar-refractivity contribution is -0.403. The third-order valence-electron chi connectivity index (χ3n) is 12.9. The van der Waals surface area contributed by atoms with Gasteiger partial charge >= 0.3 is 5.97 Å². The number of rotatable bonds is 3. The fourth-order valence-corrected chi connectivity index (χ4v) is 11.0. The number of aliphatic hydroxyl groups excluding tert-OH is 1. The summed E-state index contributed by atoms with van der Waals surface area (Å²) in [5.41, 5.74) is -1.88. The topological polar surface area (TPSA) is 132 Å². The van der Waals surface area contributed by atoms with E-state index in [0.717, 1.165) is 31.1 Å². The van der Waals surface area contributed by atoms with Crippen molar-refractivity contribution >= 4 is 12.3 Å². The molecule has 5 saturated carbocycles. The molecule has 0 spiro atoms. The summed E-state index contributed by atoms with van der Waals surface area (Å²) in [5.74, 6) is -2.02. The van der Waals surface area contributed by atoms with E-state index in [-0.39, 0.29) is 42.4 Å². The number of fused-ring (bicyclic) bond motifs is 7. The fourth-order valence-electron chi connectivity index (χ4n) is 11.0. The molecule has 0 amide bonds. The number of carbonyl (C=O) groups is 2. The second-order valence-electron chi connectivity index (χ2n) is 14.4. The van der Waals surface area contributed by atoms with Gasteiger partial charge in [-0.3, -0.25) is 0 Å². The molecule has 9 heteroatoms. The van der Waals surface area contributed by atoms with Crippen molar-refractivity contribution in [1.29, 1.82) is 0 Å². The summed E-state index contributed by atoms with van der Waals surface area (Å²) in [7, 11) is 1.59. The second kappa shape index (κ2) is 9.07. The molecular formula is C31H44O9. The maximum atomic E-state index is 13.2. The van der Waals surface area contributed by atoms with Crippen molar-refractivity contribution in [1.82, 2.24) is 0 Å². The van der Waals surface area contributed by atoms with Crippen LogP contribution in [0.2, 0.25) is 0 Å². The summed E-state index contributed by atoms with van der Waals surface area (Å²) in [6.45, 7) is 4.40. The zero-order valence-electron chi connectivity index (χ0n) is 23.8. The van der Waals surface area contributed by atoms with Gasteiger partial charge in [-0.15, -0.1) is 0 Å². The average Bonchev–Trinajstić information content (AvgIpc) is 3.44. The van der Waals surface area contributed by atoms with Crippen LogP contribution in [0.3, 0.4) is 0 Å². The first-order chi connectivity index (χ1) is 19.0. The van der Waals surface area contributed by atoms with Crippen molar-refractivity contribution < 1.29 is 43.9 Å². The van der Waals surface area contributed by atoms with Crippen LogP contribution in [0.4, 0.5) is 0 Å². The van der Waals surface area contributed by atoms with Crippen LogP contribution in [0, 0.1) is 40.4 Å². The van der Waals surface area contributed by atoms with E-state index < -0.39 is 46.6 Å². The van der Waals surface area contributed by atoms with Gasteiger partial charge in [0.15, 0.2) is 0 Å². The number of aliphatic hydroxyl groups is 3. The number of aldehydes is 1. The van der Waals surface area contributed by atoms with E-state index in [1.807, 2.05) is 6.92 Å². The monoisotopic (exact) mass is 560 g/mol. The molecule has 7 rings (SSSR count). The van der Waals surface area contributed by atoms with Crippen LogP contribution in [0.25, 0.3) is 0 Å². The predicted molar refractivity (Wildman–Crippen MR) is 141 cm³/mol. The fraction of sp³-hybridized carbons (Fsp3) is 0.871. The Hall–Kier alpha value is -1.36. The Morgan fingerprint density at radius 3 is 2.58 bits per heavy atom. The van der Waals surface area contributed by atoms with Crippen LogP contribution in [0.1, 0.15) is 71.6 Å². The normalized spacial score (nSPS) is 57.0. The maximum absolute atomic E-state index is 13.2. The number of ether oxygens (including phenoxy) is 4. The minimum absolute atomic E-state index is 0.0902. The molecule has 9 nitrogen and oxygen atoms in total. The van der Waals surface area contributed by atoms with Crippen molar-refractivity contribution in [3.63, 3.8) is 0 Å². The van der Waals surface area contributed by atoms with Crippen molar-refractivity contribution in [3.05, 3.63) is 11.6 Å². The van der Waals surface area contributed by atoms with Crippen LogP contribution in [-0.4, -0.2) is 83.2 Å². The molecule has 0 aromatic carbocycles. The van der Waals surface area contributed by atoms with Crippen molar-refractivity contribution in [2.24, 2.45) is 40.4 Å². The molecule has 222 valence electrons. The van der Waals surface area contributed by atoms with Gasteiger partial charge in [0, 0.05) is 24.0 Å². The van der Waals surface area contributed by atoms with Crippen molar-refractivity contribution in [2.45, 2.75) is 114 Å². The van der Waals surface area contributed by atoms with Gasteiger partial charge in [-0.1, -0.05) is 13.8 Å².